The summed E-state index contributed by atoms with van der Waals surface area (Å²) < 4.78 is 36.1. The molecule has 0 radical (unpaired) electrons. The minimum absolute atomic E-state index is 0.0471. The molecule has 1 N–H and O–H groups in total. The summed E-state index contributed by atoms with van der Waals surface area (Å²) in [5, 5.41) is 3.24. The van der Waals surface area contributed by atoms with Gasteiger partial charge in [0.25, 0.3) is 10.0 Å². The van der Waals surface area contributed by atoms with E-state index in [0.717, 1.165) is 19.9 Å². The van der Waals surface area contributed by atoms with Crippen molar-refractivity contribution in [3.05, 3.63) is 124 Å². The second kappa shape index (κ2) is 15.9. The van der Waals surface area contributed by atoms with Crippen molar-refractivity contribution in [3.8, 4) is 5.75 Å². The Bertz CT molecular complexity index is 1700. The van der Waals surface area contributed by atoms with E-state index in [9.17, 15) is 18.0 Å². The molecule has 4 rings (SSSR count). The third-order valence-corrected chi connectivity index (χ3v) is 9.50. The second-order valence-electron chi connectivity index (χ2n) is 10.1. The molecule has 0 saturated carbocycles. The van der Waals surface area contributed by atoms with Crippen molar-refractivity contribution in [2.24, 2.45) is 0 Å². The van der Waals surface area contributed by atoms with Crippen LogP contribution in [0.25, 0.3) is 0 Å². The standard InChI is InChI=1S/C34H35BrClN3O5S/c1-3-37-34(41)31(22-25-11-6-5-7-12-25)38(23-26-13-10-14-27(35)21-26)33(40)24-39(30-15-8-9-16-32(30)44-4-2)45(42,43)29-19-17-28(36)18-20-29/h5-21,31H,3-4,22-24H2,1-2H3,(H,37,41). The number of hydrogen-bond acceptors (Lipinski definition) is 5. The molecule has 0 saturated heterocycles. The fourth-order valence-electron chi connectivity index (χ4n) is 4.87. The number of benzene rings is 4. The highest BCUT2D eigenvalue weighted by Gasteiger charge is 2.35. The maximum absolute atomic E-state index is 14.5. The molecule has 8 nitrogen and oxygen atoms in total. The summed E-state index contributed by atoms with van der Waals surface area (Å²) in [5.41, 5.74) is 1.82. The molecule has 1 atom stereocenters. The summed E-state index contributed by atoms with van der Waals surface area (Å²) in [6.07, 6.45) is 0.228. The lowest BCUT2D eigenvalue weighted by atomic mass is 10.0. The van der Waals surface area contributed by atoms with Gasteiger partial charge in [-0.3, -0.25) is 13.9 Å². The Morgan fingerprint density at radius 1 is 0.889 bits per heavy atom. The number of nitrogens with one attached hydrogen (secondary N) is 1. The number of halogens is 2. The average molecular weight is 713 g/mol. The summed E-state index contributed by atoms with van der Waals surface area (Å²) in [6, 6.07) is 28.3. The van der Waals surface area contributed by atoms with Crippen LogP contribution in [0.5, 0.6) is 5.75 Å². The molecule has 0 aromatic heterocycles. The van der Waals surface area contributed by atoms with E-state index >= 15 is 0 Å². The topological polar surface area (TPSA) is 96.0 Å². The molecule has 0 aliphatic carbocycles. The van der Waals surface area contributed by atoms with E-state index in [1.165, 1.54) is 29.2 Å². The monoisotopic (exact) mass is 711 g/mol. The number of sulfonamides is 1. The first-order valence-electron chi connectivity index (χ1n) is 14.5. The zero-order valence-corrected chi connectivity index (χ0v) is 28.2. The van der Waals surface area contributed by atoms with Crippen LogP contribution in [0.3, 0.4) is 0 Å². The third-order valence-electron chi connectivity index (χ3n) is 6.98. The molecular weight excluding hydrogens is 678 g/mol. The number of carbonyl (C=O) groups excluding carboxylic acids is 2. The molecule has 4 aromatic rings. The van der Waals surface area contributed by atoms with Gasteiger partial charge in [-0.15, -0.1) is 0 Å². The first-order chi connectivity index (χ1) is 21.6. The number of hydrogen-bond donors (Lipinski definition) is 1. The van der Waals surface area contributed by atoms with E-state index in [1.807, 2.05) is 61.5 Å². The Morgan fingerprint density at radius 2 is 1.56 bits per heavy atom. The van der Waals surface area contributed by atoms with Crippen LogP contribution in [0.2, 0.25) is 5.02 Å². The van der Waals surface area contributed by atoms with Crippen LogP contribution >= 0.6 is 27.5 Å². The van der Waals surface area contributed by atoms with Crippen molar-refractivity contribution in [1.82, 2.24) is 10.2 Å². The zero-order chi connectivity index (χ0) is 32.4. The Hall–Kier alpha value is -3.86. The van der Waals surface area contributed by atoms with Gasteiger partial charge in [-0.25, -0.2) is 8.42 Å². The van der Waals surface area contributed by atoms with Crippen LogP contribution < -0.4 is 14.4 Å². The van der Waals surface area contributed by atoms with Crippen molar-refractivity contribution in [1.29, 1.82) is 0 Å². The fraction of sp³-hybridized carbons (Fsp3) is 0.235. The molecule has 0 bridgehead atoms. The first-order valence-corrected chi connectivity index (χ1v) is 17.1. The molecule has 0 fully saturated rings. The molecule has 4 aromatic carbocycles. The fourth-order valence-corrected chi connectivity index (χ4v) is 6.86. The van der Waals surface area contributed by atoms with Gasteiger partial charge in [-0.2, -0.15) is 0 Å². The van der Waals surface area contributed by atoms with Gasteiger partial charge in [0.1, 0.15) is 18.3 Å². The van der Waals surface area contributed by atoms with Gasteiger partial charge in [0.15, 0.2) is 0 Å². The molecule has 11 heteroatoms. The maximum Gasteiger partial charge on any atom is 0.264 e. The molecular formula is C34H35BrClN3O5S. The molecule has 2 amide bonds. The van der Waals surface area contributed by atoms with Gasteiger partial charge in [0, 0.05) is 29.0 Å². The Balaban J connectivity index is 1.83. The van der Waals surface area contributed by atoms with Crippen molar-refractivity contribution in [3.63, 3.8) is 0 Å². The maximum atomic E-state index is 14.5. The van der Waals surface area contributed by atoms with Crippen molar-refractivity contribution < 1.29 is 22.7 Å². The summed E-state index contributed by atoms with van der Waals surface area (Å²) in [4.78, 5) is 29.5. The van der Waals surface area contributed by atoms with Crippen LogP contribution in [0, 0.1) is 0 Å². The number of amides is 2. The van der Waals surface area contributed by atoms with E-state index in [0.29, 0.717) is 17.3 Å². The smallest absolute Gasteiger partial charge is 0.264 e. The summed E-state index contributed by atoms with van der Waals surface area (Å²) in [5.74, 6) is -0.606. The SMILES string of the molecule is CCNC(=O)C(Cc1ccccc1)N(Cc1cccc(Br)c1)C(=O)CN(c1ccccc1OCC)S(=O)(=O)c1ccc(Cl)cc1. The number of ether oxygens (including phenoxy) is 1. The molecule has 0 aliphatic rings. The average Bonchev–Trinajstić information content (AvgIpc) is 3.03. The number of anilines is 1. The van der Waals surface area contributed by atoms with E-state index in [2.05, 4.69) is 21.2 Å². The lowest BCUT2D eigenvalue weighted by molar-refractivity contribution is -0.140. The van der Waals surface area contributed by atoms with Gasteiger partial charge >= 0.3 is 0 Å². The van der Waals surface area contributed by atoms with Crippen LogP contribution in [0.1, 0.15) is 25.0 Å². The third kappa shape index (κ3) is 8.87. The van der Waals surface area contributed by atoms with E-state index in [4.69, 9.17) is 16.3 Å². The Labute approximate surface area is 278 Å². The normalized spacial score (nSPS) is 11.8. The minimum atomic E-state index is -4.30. The molecule has 0 aliphatic heterocycles. The number of carbonyl (C=O) groups is 2. The lowest BCUT2D eigenvalue weighted by Gasteiger charge is -2.34. The highest BCUT2D eigenvalue weighted by molar-refractivity contribution is 9.10. The lowest BCUT2D eigenvalue weighted by Crippen LogP contribution is -2.53. The highest BCUT2D eigenvalue weighted by Crippen LogP contribution is 2.33. The number of nitrogens with zero attached hydrogens (tertiary/aromatic N) is 2. The zero-order valence-electron chi connectivity index (χ0n) is 25.0. The summed E-state index contributed by atoms with van der Waals surface area (Å²) in [7, 11) is -4.30. The van der Waals surface area contributed by atoms with Gasteiger partial charge < -0.3 is 15.0 Å². The van der Waals surface area contributed by atoms with E-state index < -0.39 is 28.5 Å². The van der Waals surface area contributed by atoms with Crippen LogP contribution in [0.15, 0.2) is 112 Å². The number of likely N-dealkylation sites (N-methyl/N-ethyl adjacent to an activating group) is 1. The summed E-state index contributed by atoms with van der Waals surface area (Å²) >= 11 is 9.56. The minimum Gasteiger partial charge on any atom is -0.492 e. The highest BCUT2D eigenvalue weighted by atomic mass is 79.9. The van der Waals surface area contributed by atoms with Crippen LogP contribution in [-0.4, -0.2) is 50.9 Å². The summed E-state index contributed by atoms with van der Waals surface area (Å²) in [6.45, 7) is 3.72. The van der Waals surface area contributed by atoms with Gasteiger partial charge in [0.2, 0.25) is 11.8 Å². The second-order valence-corrected chi connectivity index (χ2v) is 13.3. The molecule has 236 valence electrons. The van der Waals surface area contributed by atoms with E-state index in [1.54, 1.807) is 31.2 Å². The van der Waals surface area contributed by atoms with Crippen LogP contribution in [0.4, 0.5) is 5.69 Å². The number of para-hydroxylation sites is 2. The quantitative estimate of drug-likeness (QED) is 0.162. The predicted octanol–water partition coefficient (Wildman–Crippen LogP) is 6.47. The van der Waals surface area contributed by atoms with Gasteiger partial charge in [-0.05, 0) is 73.5 Å². The van der Waals surface area contributed by atoms with E-state index in [-0.39, 0.29) is 36.1 Å². The Morgan fingerprint density at radius 3 is 2.22 bits per heavy atom. The Kier molecular flexibility index (Phi) is 12.0. The molecule has 45 heavy (non-hydrogen) atoms. The van der Waals surface area contributed by atoms with Crippen LogP contribution in [-0.2, 0) is 32.6 Å². The van der Waals surface area contributed by atoms with Gasteiger partial charge in [-0.1, -0.05) is 82.1 Å². The van der Waals surface area contributed by atoms with Crippen molar-refractivity contribution >= 4 is 55.1 Å². The number of rotatable bonds is 14. The van der Waals surface area contributed by atoms with Gasteiger partial charge in [0.05, 0.1) is 17.2 Å². The predicted molar refractivity (Wildman–Crippen MR) is 181 cm³/mol. The largest absolute Gasteiger partial charge is 0.492 e. The van der Waals surface area contributed by atoms with Crippen molar-refractivity contribution in [2.75, 3.05) is 24.0 Å². The molecule has 0 heterocycles. The molecule has 1 unspecified atom stereocenters. The molecule has 0 spiro atoms. The first kappa shape index (κ1) is 34.0. The van der Waals surface area contributed by atoms with Crippen molar-refractivity contribution in [2.45, 2.75) is 37.8 Å².